The lowest BCUT2D eigenvalue weighted by Crippen LogP contribution is -2.30. The molecule has 12 heavy (non-hydrogen) atoms. The van der Waals surface area contributed by atoms with Gasteiger partial charge in [0, 0.05) is 12.3 Å². The van der Waals surface area contributed by atoms with E-state index in [0.717, 1.165) is 25.7 Å². The number of hydrogen-bond donors (Lipinski definition) is 0. The first-order valence-electron chi connectivity index (χ1n) is 4.94. The van der Waals surface area contributed by atoms with Crippen LogP contribution in [0.25, 0.3) is 0 Å². The van der Waals surface area contributed by atoms with E-state index in [1.807, 2.05) is 0 Å². The first-order valence-corrected chi connectivity index (χ1v) is 4.94. The summed E-state index contributed by atoms with van der Waals surface area (Å²) < 4.78 is 26.3. The van der Waals surface area contributed by atoms with E-state index in [-0.39, 0.29) is 12.3 Å². The lowest BCUT2D eigenvalue weighted by molar-refractivity contribution is -0.0769. The molecule has 0 bridgehead atoms. The lowest BCUT2D eigenvalue weighted by Gasteiger charge is -2.31. The van der Waals surface area contributed by atoms with Crippen LogP contribution >= 0.6 is 0 Å². The molecule has 0 aromatic carbocycles. The minimum Gasteiger partial charge on any atom is -0.207 e. The fourth-order valence-corrected chi connectivity index (χ4v) is 1.97. The molecule has 1 fully saturated rings. The molecule has 72 valence electrons. The van der Waals surface area contributed by atoms with E-state index in [1.165, 1.54) is 0 Å². The molecular formula is C10H18F2. The van der Waals surface area contributed by atoms with E-state index in [2.05, 4.69) is 6.92 Å². The molecule has 0 amide bonds. The topological polar surface area (TPSA) is 0 Å². The second kappa shape index (κ2) is 3.71. The van der Waals surface area contributed by atoms with Crippen molar-refractivity contribution in [3.05, 3.63) is 0 Å². The van der Waals surface area contributed by atoms with Gasteiger partial charge in [0.25, 0.3) is 5.92 Å². The Hall–Kier alpha value is -0.140. The highest BCUT2D eigenvalue weighted by atomic mass is 19.3. The summed E-state index contributed by atoms with van der Waals surface area (Å²) in [5, 5.41) is 0. The molecule has 0 aromatic rings. The zero-order valence-corrected chi connectivity index (χ0v) is 7.95. The Morgan fingerprint density at radius 1 is 1.17 bits per heavy atom. The maximum absolute atomic E-state index is 13.2. The fraction of sp³-hybridized carbons (Fsp3) is 1.00. The van der Waals surface area contributed by atoms with Crippen molar-refractivity contribution >= 4 is 0 Å². The van der Waals surface area contributed by atoms with Crippen LogP contribution < -0.4 is 0 Å². The SMILES string of the molecule is CCC(F)(F)C1CCC(C)CC1. The quantitative estimate of drug-likeness (QED) is 0.599. The second-order valence-corrected chi connectivity index (χ2v) is 4.07. The monoisotopic (exact) mass is 176 g/mol. The van der Waals surface area contributed by atoms with Gasteiger partial charge >= 0.3 is 0 Å². The van der Waals surface area contributed by atoms with Gasteiger partial charge in [-0.2, -0.15) is 0 Å². The van der Waals surface area contributed by atoms with Gasteiger partial charge in [0.15, 0.2) is 0 Å². The van der Waals surface area contributed by atoms with Crippen LogP contribution in [0.2, 0.25) is 0 Å². The summed E-state index contributed by atoms with van der Waals surface area (Å²) in [6.45, 7) is 3.73. The van der Waals surface area contributed by atoms with Gasteiger partial charge in [-0.1, -0.05) is 26.7 Å². The Morgan fingerprint density at radius 2 is 1.67 bits per heavy atom. The third kappa shape index (κ3) is 2.18. The van der Waals surface area contributed by atoms with Gasteiger partial charge < -0.3 is 0 Å². The van der Waals surface area contributed by atoms with Crippen molar-refractivity contribution < 1.29 is 8.78 Å². The molecule has 0 saturated heterocycles. The first-order chi connectivity index (χ1) is 5.56. The smallest absolute Gasteiger partial charge is 0.207 e. The number of alkyl halides is 2. The highest BCUT2D eigenvalue weighted by Crippen LogP contribution is 2.40. The van der Waals surface area contributed by atoms with Gasteiger partial charge in [0.05, 0.1) is 0 Å². The van der Waals surface area contributed by atoms with Gasteiger partial charge in [-0.25, -0.2) is 8.78 Å². The molecular weight excluding hydrogens is 158 g/mol. The minimum absolute atomic E-state index is 0.00600. The van der Waals surface area contributed by atoms with Crippen LogP contribution in [0, 0.1) is 11.8 Å². The van der Waals surface area contributed by atoms with Gasteiger partial charge in [-0.3, -0.25) is 0 Å². The Balaban J connectivity index is 2.44. The van der Waals surface area contributed by atoms with Gasteiger partial charge in [-0.15, -0.1) is 0 Å². The highest BCUT2D eigenvalue weighted by molar-refractivity contribution is 4.80. The molecule has 0 unspecified atom stereocenters. The normalized spacial score (nSPS) is 32.0. The molecule has 0 N–H and O–H groups in total. The summed E-state index contributed by atoms with van der Waals surface area (Å²) in [5.41, 5.74) is 0. The maximum Gasteiger partial charge on any atom is 0.250 e. The van der Waals surface area contributed by atoms with Crippen molar-refractivity contribution in [1.29, 1.82) is 0 Å². The van der Waals surface area contributed by atoms with Crippen molar-refractivity contribution in [3.8, 4) is 0 Å². The third-order valence-electron chi connectivity index (χ3n) is 3.08. The molecule has 1 rings (SSSR count). The zero-order chi connectivity index (χ0) is 9.19. The lowest BCUT2D eigenvalue weighted by atomic mass is 9.79. The van der Waals surface area contributed by atoms with Crippen molar-refractivity contribution in [2.24, 2.45) is 11.8 Å². The van der Waals surface area contributed by atoms with E-state index >= 15 is 0 Å². The Kier molecular flexibility index (Phi) is 3.08. The van der Waals surface area contributed by atoms with E-state index in [1.54, 1.807) is 6.92 Å². The molecule has 0 radical (unpaired) electrons. The summed E-state index contributed by atoms with van der Waals surface area (Å²) in [5.74, 6) is -2.08. The zero-order valence-electron chi connectivity index (χ0n) is 7.95. The Bertz CT molecular complexity index is 135. The number of rotatable bonds is 2. The molecule has 2 heteroatoms. The summed E-state index contributed by atoms with van der Waals surface area (Å²) in [6, 6.07) is 0. The van der Waals surface area contributed by atoms with E-state index in [0.29, 0.717) is 5.92 Å². The van der Waals surface area contributed by atoms with E-state index < -0.39 is 5.92 Å². The van der Waals surface area contributed by atoms with E-state index in [9.17, 15) is 8.78 Å². The van der Waals surface area contributed by atoms with Crippen LogP contribution in [0.5, 0.6) is 0 Å². The van der Waals surface area contributed by atoms with Gasteiger partial charge in [-0.05, 0) is 18.8 Å². The molecule has 0 heterocycles. The predicted octanol–water partition coefficient (Wildman–Crippen LogP) is 3.86. The van der Waals surface area contributed by atoms with Crippen molar-refractivity contribution in [2.45, 2.75) is 51.9 Å². The molecule has 0 spiro atoms. The molecule has 0 aromatic heterocycles. The van der Waals surface area contributed by atoms with Gasteiger partial charge in [0.1, 0.15) is 0 Å². The van der Waals surface area contributed by atoms with Crippen molar-refractivity contribution in [3.63, 3.8) is 0 Å². The van der Waals surface area contributed by atoms with Crippen molar-refractivity contribution in [1.82, 2.24) is 0 Å². The molecule has 0 nitrogen and oxygen atoms in total. The average Bonchev–Trinajstić information content (AvgIpc) is 2.05. The molecule has 1 aliphatic rings. The summed E-state index contributed by atoms with van der Waals surface area (Å²) >= 11 is 0. The van der Waals surface area contributed by atoms with Crippen molar-refractivity contribution in [2.75, 3.05) is 0 Å². The number of hydrogen-bond acceptors (Lipinski definition) is 0. The highest BCUT2D eigenvalue weighted by Gasteiger charge is 2.38. The maximum atomic E-state index is 13.2. The molecule has 1 aliphatic carbocycles. The molecule has 0 aliphatic heterocycles. The molecule has 1 saturated carbocycles. The van der Waals surface area contributed by atoms with Crippen LogP contribution in [0.3, 0.4) is 0 Å². The van der Waals surface area contributed by atoms with Crippen LogP contribution in [0.1, 0.15) is 46.0 Å². The standard InChI is InChI=1S/C10H18F2/c1-3-10(11,12)9-6-4-8(2)5-7-9/h8-9H,3-7H2,1-2H3. The van der Waals surface area contributed by atoms with Crippen LogP contribution in [0.4, 0.5) is 8.78 Å². The fourth-order valence-electron chi connectivity index (χ4n) is 1.97. The summed E-state index contributed by atoms with van der Waals surface area (Å²) in [4.78, 5) is 0. The largest absolute Gasteiger partial charge is 0.250 e. The Labute approximate surface area is 73.3 Å². The summed E-state index contributed by atoms with van der Waals surface area (Å²) in [6.07, 6.45) is 3.43. The van der Waals surface area contributed by atoms with Crippen LogP contribution in [-0.4, -0.2) is 5.92 Å². The molecule has 0 atom stereocenters. The minimum atomic E-state index is -2.40. The first kappa shape index (κ1) is 9.94. The van der Waals surface area contributed by atoms with E-state index in [4.69, 9.17) is 0 Å². The Morgan fingerprint density at radius 3 is 2.08 bits per heavy atom. The number of halogens is 2. The second-order valence-electron chi connectivity index (χ2n) is 4.07. The summed E-state index contributed by atoms with van der Waals surface area (Å²) in [7, 11) is 0. The average molecular weight is 176 g/mol. The third-order valence-corrected chi connectivity index (χ3v) is 3.08. The van der Waals surface area contributed by atoms with Gasteiger partial charge in [0.2, 0.25) is 0 Å². The van der Waals surface area contributed by atoms with Crippen LogP contribution in [-0.2, 0) is 0 Å². The van der Waals surface area contributed by atoms with Crippen LogP contribution in [0.15, 0.2) is 0 Å². The predicted molar refractivity (Wildman–Crippen MR) is 46.4 cm³/mol.